The summed E-state index contributed by atoms with van der Waals surface area (Å²) >= 11 is 0. The van der Waals surface area contributed by atoms with E-state index < -0.39 is 84.9 Å². The van der Waals surface area contributed by atoms with Crippen molar-refractivity contribution in [1.29, 1.82) is 0 Å². The molecule has 14 heteroatoms. The van der Waals surface area contributed by atoms with E-state index in [1.165, 1.54) is 13.8 Å². The lowest BCUT2D eigenvalue weighted by Gasteiger charge is -2.31. The number of aliphatic carboxylic acids is 1. The minimum atomic E-state index is -1.33. The van der Waals surface area contributed by atoms with Gasteiger partial charge >= 0.3 is 5.97 Å². The summed E-state index contributed by atoms with van der Waals surface area (Å²) in [5.41, 5.74) is 0. The highest BCUT2D eigenvalue weighted by Gasteiger charge is 2.33. The lowest BCUT2D eigenvalue weighted by atomic mass is 9.95. The summed E-state index contributed by atoms with van der Waals surface area (Å²) in [7, 11) is 0. The Kier molecular flexibility index (Phi) is 18.5. The molecule has 0 saturated carbocycles. The summed E-state index contributed by atoms with van der Waals surface area (Å²) in [6.45, 7) is 17.2. The van der Waals surface area contributed by atoms with Gasteiger partial charge in [0.1, 0.15) is 18.1 Å². The molecule has 0 bridgehead atoms. The van der Waals surface area contributed by atoms with Crippen molar-refractivity contribution in [1.82, 2.24) is 26.6 Å². The Bertz CT molecular complexity index is 1000. The Morgan fingerprint density at radius 1 is 0.556 bits per heavy atom. The lowest BCUT2D eigenvalue weighted by Crippen LogP contribution is -2.59. The van der Waals surface area contributed by atoms with Gasteiger partial charge in [-0.25, -0.2) is 0 Å². The van der Waals surface area contributed by atoms with Crippen LogP contribution in [0.3, 0.4) is 0 Å². The lowest BCUT2D eigenvalue weighted by molar-refractivity contribution is -0.140. The number of hydrogen-bond donors (Lipinski definition) is 8. The molecule has 7 atom stereocenters. The van der Waals surface area contributed by atoms with Crippen molar-refractivity contribution in [2.24, 2.45) is 23.7 Å². The fourth-order valence-corrected chi connectivity index (χ4v) is 4.77. The third-order valence-electron chi connectivity index (χ3n) is 7.14. The second-order valence-corrected chi connectivity index (χ2v) is 13.4. The molecule has 0 rings (SSSR count). The highest BCUT2D eigenvalue weighted by molar-refractivity contribution is 5.92. The molecular formula is C31H57N5O9. The van der Waals surface area contributed by atoms with Gasteiger partial charge in [-0.05, 0) is 43.4 Å². The number of carboxylic acids is 1. The van der Waals surface area contributed by atoms with Crippen LogP contribution in [0.25, 0.3) is 0 Å². The average molecular weight is 644 g/mol. The van der Waals surface area contributed by atoms with E-state index in [0.29, 0.717) is 12.8 Å². The quantitative estimate of drug-likeness (QED) is 0.0920. The van der Waals surface area contributed by atoms with E-state index >= 15 is 0 Å². The molecule has 0 aromatic heterocycles. The Morgan fingerprint density at radius 2 is 0.956 bits per heavy atom. The number of carboxylic acid groups (broad SMARTS) is 1. The van der Waals surface area contributed by atoms with E-state index in [-0.39, 0.29) is 29.6 Å². The van der Waals surface area contributed by atoms with Crippen LogP contribution < -0.4 is 26.6 Å². The summed E-state index contributed by atoms with van der Waals surface area (Å²) < 4.78 is 0. The number of carbonyl (C=O) groups excluding carboxylic acids is 5. The van der Waals surface area contributed by atoms with Crippen LogP contribution in [0.1, 0.15) is 94.9 Å². The molecule has 0 radical (unpaired) electrons. The first-order valence-electron chi connectivity index (χ1n) is 15.7. The van der Waals surface area contributed by atoms with Gasteiger partial charge in [-0.15, -0.1) is 0 Å². The van der Waals surface area contributed by atoms with Crippen LogP contribution in [0.4, 0.5) is 0 Å². The largest absolute Gasteiger partial charge is 0.481 e. The highest BCUT2D eigenvalue weighted by atomic mass is 16.4. The van der Waals surface area contributed by atoms with Gasteiger partial charge in [0.25, 0.3) is 0 Å². The van der Waals surface area contributed by atoms with E-state index in [1.807, 2.05) is 27.7 Å². The van der Waals surface area contributed by atoms with E-state index in [4.69, 9.17) is 5.11 Å². The average Bonchev–Trinajstić information content (AvgIpc) is 2.87. The first kappa shape index (κ1) is 41.7. The fraction of sp³-hybridized carbons (Fsp3) is 0.806. The van der Waals surface area contributed by atoms with Crippen LogP contribution in [-0.4, -0.2) is 93.2 Å². The highest BCUT2D eigenvalue weighted by Crippen LogP contribution is 2.14. The van der Waals surface area contributed by atoms with Crippen LogP contribution in [0.15, 0.2) is 0 Å². The molecule has 0 aromatic carbocycles. The minimum Gasteiger partial charge on any atom is -0.481 e. The summed E-state index contributed by atoms with van der Waals surface area (Å²) in [4.78, 5) is 74.6. The maximum absolute atomic E-state index is 13.3. The molecule has 0 heterocycles. The Morgan fingerprint density at radius 3 is 1.36 bits per heavy atom. The number of aliphatic hydroxyl groups is 2. The van der Waals surface area contributed by atoms with Crippen LogP contribution in [0.5, 0.6) is 0 Å². The second-order valence-electron chi connectivity index (χ2n) is 13.4. The van der Waals surface area contributed by atoms with Crippen molar-refractivity contribution in [3.8, 4) is 0 Å². The molecule has 260 valence electrons. The third kappa shape index (κ3) is 16.6. The zero-order valence-corrected chi connectivity index (χ0v) is 28.5. The molecule has 8 N–H and O–H groups in total. The van der Waals surface area contributed by atoms with Crippen molar-refractivity contribution in [2.75, 3.05) is 0 Å². The van der Waals surface area contributed by atoms with Gasteiger partial charge in [-0.1, -0.05) is 55.4 Å². The van der Waals surface area contributed by atoms with Gasteiger partial charge in [-0.2, -0.15) is 0 Å². The fourth-order valence-electron chi connectivity index (χ4n) is 4.77. The molecule has 0 unspecified atom stereocenters. The van der Waals surface area contributed by atoms with Crippen molar-refractivity contribution in [2.45, 2.75) is 137 Å². The molecule has 0 aliphatic heterocycles. The summed E-state index contributed by atoms with van der Waals surface area (Å²) in [5.74, 6) is -4.48. The molecule has 0 saturated heterocycles. The first-order chi connectivity index (χ1) is 20.7. The van der Waals surface area contributed by atoms with Gasteiger partial charge in [0.05, 0.1) is 37.1 Å². The zero-order valence-electron chi connectivity index (χ0n) is 28.5. The number of nitrogens with one attached hydrogen (secondary N) is 5. The van der Waals surface area contributed by atoms with E-state index in [0.717, 1.165) is 0 Å². The van der Waals surface area contributed by atoms with Gasteiger partial charge in [0, 0.05) is 6.92 Å². The summed E-state index contributed by atoms with van der Waals surface area (Å²) in [6, 6.07) is -4.59. The molecule has 0 spiro atoms. The van der Waals surface area contributed by atoms with Gasteiger partial charge in [0.2, 0.25) is 29.5 Å². The van der Waals surface area contributed by atoms with Crippen molar-refractivity contribution in [3.05, 3.63) is 0 Å². The van der Waals surface area contributed by atoms with Crippen LogP contribution in [0.2, 0.25) is 0 Å². The molecule has 5 amide bonds. The zero-order chi connectivity index (χ0) is 35.2. The number of rotatable bonds is 20. The maximum atomic E-state index is 13.3. The first-order valence-corrected chi connectivity index (χ1v) is 15.7. The standard InChI is InChI=1S/C31H57N5O9/c1-15(2)11-21(35-30(44)28(18(7)8)36-31(45)27(17(5)6)33-20(10)37)23(38)13-25(40)32-19(9)29(43)34-22(12-16(3)4)24(39)14-26(41)42/h15-19,21-24,27-28,38-39H,11-14H2,1-10H3,(H,32,40)(H,33,37)(H,34,43)(H,35,44)(H,36,45)(H,41,42)/t19-,21+,22+,23-,24-,27-,28-/m0/s1. The summed E-state index contributed by atoms with van der Waals surface area (Å²) in [6.07, 6.45) is -3.01. The normalized spacial score (nSPS) is 16.3. The minimum absolute atomic E-state index is 0.0185. The van der Waals surface area contributed by atoms with E-state index in [9.17, 15) is 39.0 Å². The molecule has 0 aliphatic carbocycles. The van der Waals surface area contributed by atoms with Crippen molar-refractivity contribution < 1.29 is 44.1 Å². The maximum Gasteiger partial charge on any atom is 0.306 e. The second kappa shape index (κ2) is 20.0. The summed E-state index contributed by atoms with van der Waals surface area (Å²) in [5, 5.41) is 43.5. The van der Waals surface area contributed by atoms with E-state index in [2.05, 4.69) is 26.6 Å². The Hall–Kier alpha value is -3.26. The van der Waals surface area contributed by atoms with Crippen LogP contribution in [-0.2, 0) is 28.8 Å². The molecule has 0 aliphatic rings. The van der Waals surface area contributed by atoms with Gasteiger partial charge < -0.3 is 41.9 Å². The van der Waals surface area contributed by atoms with Gasteiger partial charge in [-0.3, -0.25) is 28.8 Å². The predicted molar refractivity (Wildman–Crippen MR) is 168 cm³/mol. The Balaban J connectivity index is 5.54. The van der Waals surface area contributed by atoms with Gasteiger partial charge in [0.15, 0.2) is 0 Å². The molecule has 0 fully saturated rings. The molecule has 45 heavy (non-hydrogen) atoms. The molecule has 14 nitrogen and oxygen atoms in total. The van der Waals surface area contributed by atoms with Crippen molar-refractivity contribution in [3.63, 3.8) is 0 Å². The number of aliphatic hydroxyl groups excluding tert-OH is 2. The predicted octanol–water partition coefficient (Wildman–Crippen LogP) is 0.441. The van der Waals surface area contributed by atoms with Crippen LogP contribution >= 0.6 is 0 Å². The SMILES string of the molecule is CC(=O)N[C@H](C(=O)N[C@H](C(=O)N[C@H](CC(C)C)[C@@H](O)CC(=O)N[C@@H](C)C(=O)N[C@H](CC(C)C)[C@@H](O)CC(=O)O)C(C)C)C(C)C. The number of hydrogen-bond acceptors (Lipinski definition) is 8. The third-order valence-corrected chi connectivity index (χ3v) is 7.14. The molecular weight excluding hydrogens is 586 g/mol. The monoisotopic (exact) mass is 643 g/mol. The van der Waals surface area contributed by atoms with E-state index in [1.54, 1.807) is 27.7 Å². The molecule has 0 aromatic rings. The number of amides is 5. The van der Waals surface area contributed by atoms with Crippen LogP contribution in [0, 0.1) is 23.7 Å². The number of carbonyl (C=O) groups is 6. The topological polar surface area (TPSA) is 223 Å². The van der Waals surface area contributed by atoms with Crippen molar-refractivity contribution >= 4 is 35.5 Å². The smallest absolute Gasteiger partial charge is 0.306 e. The Labute approximate surface area is 267 Å².